The number of piperidine rings is 1. The van der Waals surface area contributed by atoms with Crippen LogP contribution in [0.2, 0.25) is 0 Å². The number of urea groups is 1. The third-order valence-electron chi connectivity index (χ3n) is 3.23. The Labute approximate surface area is 106 Å². The molecule has 1 saturated heterocycles. The number of amides is 2. The molecule has 2 amide bonds. The number of aliphatic carboxylic acids is 1. The van der Waals surface area contributed by atoms with E-state index in [9.17, 15) is 9.59 Å². The maximum absolute atomic E-state index is 11.3. The molecule has 0 unspecified atom stereocenters. The minimum absolute atomic E-state index is 0.0939. The van der Waals surface area contributed by atoms with E-state index in [1.54, 1.807) is 0 Å². The molecule has 0 spiro atoms. The number of carboxylic acids is 1. The van der Waals surface area contributed by atoms with Crippen LogP contribution in [0.15, 0.2) is 0 Å². The van der Waals surface area contributed by atoms with Crippen molar-refractivity contribution in [1.29, 1.82) is 0 Å². The molecule has 0 aromatic rings. The van der Waals surface area contributed by atoms with Gasteiger partial charge in [0.25, 0.3) is 0 Å². The molecule has 0 bridgehead atoms. The van der Waals surface area contributed by atoms with Crippen molar-refractivity contribution in [2.45, 2.75) is 19.8 Å². The van der Waals surface area contributed by atoms with Crippen molar-refractivity contribution in [3.05, 3.63) is 0 Å². The van der Waals surface area contributed by atoms with E-state index in [0.29, 0.717) is 6.54 Å². The van der Waals surface area contributed by atoms with Crippen LogP contribution in [-0.4, -0.2) is 55.3 Å². The highest BCUT2D eigenvalue weighted by Crippen LogP contribution is 2.29. The summed E-state index contributed by atoms with van der Waals surface area (Å²) in [6.45, 7) is 4.20. The molecule has 1 aliphatic heterocycles. The highest BCUT2D eigenvalue weighted by atomic mass is 16.7. The van der Waals surface area contributed by atoms with E-state index in [4.69, 9.17) is 5.11 Å². The van der Waals surface area contributed by atoms with Crippen molar-refractivity contribution in [3.63, 3.8) is 0 Å². The molecule has 1 heterocycles. The second-order valence-electron chi connectivity index (χ2n) is 5.08. The number of hydroxylamine groups is 1. The average Bonchev–Trinajstić information content (AvgIpc) is 2.31. The van der Waals surface area contributed by atoms with Gasteiger partial charge in [0, 0.05) is 6.54 Å². The first kappa shape index (κ1) is 14.7. The molecule has 0 aromatic heterocycles. The van der Waals surface area contributed by atoms with Crippen LogP contribution >= 0.6 is 0 Å². The standard InChI is InChI=1S/C11H21N3O4/c1-11(3-5-14(2)6-4-11)8-12-10(17)13-18-7-9(15)16/h3-8H2,1-2H3,(H,15,16)(H2,12,13,17). The number of carbonyl (C=O) groups is 2. The normalized spacial score (nSPS) is 19.2. The Balaban J connectivity index is 2.19. The molecular weight excluding hydrogens is 238 g/mol. The van der Waals surface area contributed by atoms with Gasteiger partial charge in [0.05, 0.1) is 0 Å². The summed E-state index contributed by atoms with van der Waals surface area (Å²) in [7, 11) is 2.08. The van der Waals surface area contributed by atoms with Crippen LogP contribution in [-0.2, 0) is 9.63 Å². The fourth-order valence-electron chi connectivity index (χ4n) is 1.83. The van der Waals surface area contributed by atoms with Gasteiger partial charge < -0.3 is 15.3 Å². The molecule has 0 aliphatic carbocycles. The van der Waals surface area contributed by atoms with Gasteiger partial charge in [-0.25, -0.2) is 15.1 Å². The summed E-state index contributed by atoms with van der Waals surface area (Å²) in [5, 5.41) is 11.0. The van der Waals surface area contributed by atoms with Crippen LogP contribution in [0.3, 0.4) is 0 Å². The number of carboxylic acid groups (broad SMARTS) is 1. The van der Waals surface area contributed by atoms with Crippen molar-refractivity contribution in [1.82, 2.24) is 15.7 Å². The van der Waals surface area contributed by atoms with Crippen LogP contribution in [0.1, 0.15) is 19.8 Å². The molecule has 0 aromatic carbocycles. The Morgan fingerprint density at radius 3 is 2.56 bits per heavy atom. The van der Waals surface area contributed by atoms with Crippen LogP contribution in [0, 0.1) is 5.41 Å². The largest absolute Gasteiger partial charge is 0.479 e. The third-order valence-corrected chi connectivity index (χ3v) is 3.23. The molecule has 3 N–H and O–H groups in total. The summed E-state index contributed by atoms with van der Waals surface area (Å²) in [6.07, 6.45) is 2.06. The van der Waals surface area contributed by atoms with Gasteiger partial charge in [-0.2, -0.15) is 0 Å². The molecule has 7 heteroatoms. The first-order chi connectivity index (χ1) is 8.41. The Morgan fingerprint density at radius 2 is 2.00 bits per heavy atom. The maximum atomic E-state index is 11.3. The highest BCUT2D eigenvalue weighted by Gasteiger charge is 2.29. The minimum Gasteiger partial charge on any atom is -0.479 e. The lowest BCUT2D eigenvalue weighted by atomic mass is 9.80. The minimum atomic E-state index is -1.13. The van der Waals surface area contributed by atoms with E-state index in [-0.39, 0.29) is 5.41 Å². The van der Waals surface area contributed by atoms with Gasteiger partial charge in [-0.3, -0.25) is 4.84 Å². The quantitative estimate of drug-likeness (QED) is 0.606. The molecule has 0 saturated carbocycles. The lowest BCUT2D eigenvalue weighted by Gasteiger charge is -2.37. The Morgan fingerprint density at radius 1 is 1.39 bits per heavy atom. The summed E-state index contributed by atoms with van der Waals surface area (Å²) in [5.74, 6) is -1.13. The van der Waals surface area contributed by atoms with Crippen LogP contribution < -0.4 is 10.8 Å². The first-order valence-corrected chi connectivity index (χ1v) is 5.97. The zero-order chi connectivity index (χ0) is 13.6. The van der Waals surface area contributed by atoms with E-state index < -0.39 is 18.6 Å². The molecule has 0 radical (unpaired) electrons. The van der Waals surface area contributed by atoms with Crippen molar-refractivity contribution in [2.24, 2.45) is 5.41 Å². The molecule has 1 fully saturated rings. The van der Waals surface area contributed by atoms with E-state index in [1.807, 2.05) is 5.48 Å². The predicted molar refractivity (Wildman–Crippen MR) is 65.0 cm³/mol. The van der Waals surface area contributed by atoms with Gasteiger partial charge in [0.1, 0.15) is 0 Å². The van der Waals surface area contributed by atoms with E-state index in [2.05, 4.69) is 29.0 Å². The second kappa shape index (κ2) is 6.55. The number of nitrogens with zero attached hydrogens (tertiary/aromatic N) is 1. The summed E-state index contributed by atoms with van der Waals surface area (Å²) in [4.78, 5) is 28.2. The van der Waals surface area contributed by atoms with Gasteiger partial charge >= 0.3 is 12.0 Å². The summed E-state index contributed by atoms with van der Waals surface area (Å²) in [5.41, 5.74) is 2.13. The summed E-state index contributed by atoms with van der Waals surface area (Å²) in [6, 6.07) is -0.503. The highest BCUT2D eigenvalue weighted by molar-refractivity contribution is 5.73. The van der Waals surface area contributed by atoms with E-state index >= 15 is 0 Å². The van der Waals surface area contributed by atoms with Gasteiger partial charge in [-0.1, -0.05) is 6.92 Å². The molecule has 0 atom stereocenters. The smallest absolute Gasteiger partial charge is 0.338 e. The SMILES string of the molecule is CN1CCC(C)(CNC(=O)NOCC(=O)O)CC1. The molecule has 1 aliphatic rings. The van der Waals surface area contributed by atoms with E-state index in [0.717, 1.165) is 25.9 Å². The predicted octanol–water partition coefficient (Wildman–Crippen LogP) is 0.0337. The Kier molecular flexibility index (Phi) is 5.36. The second-order valence-corrected chi connectivity index (χ2v) is 5.08. The molecule has 18 heavy (non-hydrogen) atoms. The van der Waals surface area contributed by atoms with Gasteiger partial charge in [-0.05, 0) is 38.4 Å². The lowest BCUT2D eigenvalue weighted by molar-refractivity contribution is -0.144. The summed E-state index contributed by atoms with van der Waals surface area (Å²) >= 11 is 0. The number of carbonyl (C=O) groups excluding carboxylic acids is 1. The van der Waals surface area contributed by atoms with E-state index in [1.165, 1.54) is 0 Å². The number of rotatable bonds is 5. The number of hydrogen-bond donors (Lipinski definition) is 3. The Hall–Kier alpha value is -1.34. The zero-order valence-corrected chi connectivity index (χ0v) is 10.9. The molecule has 7 nitrogen and oxygen atoms in total. The first-order valence-electron chi connectivity index (χ1n) is 5.97. The Bertz CT molecular complexity index is 301. The zero-order valence-electron chi connectivity index (χ0n) is 10.9. The van der Waals surface area contributed by atoms with Gasteiger partial charge in [0.15, 0.2) is 6.61 Å². The maximum Gasteiger partial charge on any atom is 0.338 e. The third kappa shape index (κ3) is 5.33. The van der Waals surface area contributed by atoms with Crippen molar-refractivity contribution in [3.8, 4) is 0 Å². The van der Waals surface area contributed by atoms with Crippen LogP contribution in [0.4, 0.5) is 4.79 Å². The van der Waals surface area contributed by atoms with Gasteiger partial charge in [0.2, 0.25) is 0 Å². The average molecular weight is 259 g/mol. The number of nitrogens with one attached hydrogen (secondary N) is 2. The van der Waals surface area contributed by atoms with Crippen molar-refractivity contribution in [2.75, 3.05) is 33.3 Å². The van der Waals surface area contributed by atoms with Gasteiger partial charge in [-0.15, -0.1) is 0 Å². The molecule has 104 valence electrons. The van der Waals surface area contributed by atoms with Crippen LogP contribution in [0.25, 0.3) is 0 Å². The number of hydrogen-bond acceptors (Lipinski definition) is 4. The molecular formula is C11H21N3O4. The summed E-state index contributed by atoms with van der Waals surface area (Å²) < 4.78 is 0. The molecule has 1 rings (SSSR count). The van der Waals surface area contributed by atoms with Crippen molar-refractivity contribution >= 4 is 12.0 Å². The fraction of sp³-hybridized carbons (Fsp3) is 0.818. The monoisotopic (exact) mass is 259 g/mol. The van der Waals surface area contributed by atoms with Crippen LogP contribution in [0.5, 0.6) is 0 Å². The van der Waals surface area contributed by atoms with Crippen molar-refractivity contribution < 1.29 is 19.5 Å². The fourth-order valence-corrected chi connectivity index (χ4v) is 1.83. The number of likely N-dealkylation sites (tertiary alicyclic amines) is 1. The topological polar surface area (TPSA) is 90.9 Å². The lowest BCUT2D eigenvalue weighted by Crippen LogP contribution is -2.46.